The zero-order chi connectivity index (χ0) is 42.3. The molecule has 3 aromatic carbocycles. The van der Waals surface area contributed by atoms with E-state index in [1.165, 1.54) is 11.1 Å². The van der Waals surface area contributed by atoms with E-state index in [9.17, 15) is 14.4 Å². The van der Waals surface area contributed by atoms with Crippen LogP contribution < -0.4 is 18.9 Å². The van der Waals surface area contributed by atoms with Gasteiger partial charge in [0.25, 0.3) is 11.8 Å². The molecule has 13 nitrogen and oxygen atoms in total. The van der Waals surface area contributed by atoms with Gasteiger partial charge in [-0.15, -0.1) is 0 Å². The number of methoxy groups -OCH3 is 2. The molecule has 4 heterocycles. The molecule has 7 rings (SSSR count). The SMILES string of the molecule is C/C=C1\C[C@H]2C=Nc3cc(OCc4cc(CCCN(C)C(=O)OCCCC)cc(COc5cc6c(cc5OC)C(=O)N5C/C(=C/C)C[C@H]5C=N6)c4)c(OC)cc3C(=O)N2C1. The quantitative estimate of drug-likeness (QED) is 0.110. The molecule has 0 N–H and O–H groups in total. The van der Waals surface area contributed by atoms with E-state index in [0.29, 0.717) is 84.6 Å². The first-order valence-electron chi connectivity index (χ1n) is 20.8. The molecule has 13 heteroatoms. The molecule has 2 fully saturated rings. The smallest absolute Gasteiger partial charge is 0.409 e. The Morgan fingerprint density at radius 1 is 0.733 bits per heavy atom. The average molecular weight is 818 g/mol. The summed E-state index contributed by atoms with van der Waals surface area (Å²) in [7, 11) is 4.87. The highest BCUT2D eigenvalue weighted by atomic mass is 16.6. The molecular weight excluding hydrogens is 763 g/mol. The van der Waals surface area contributed by atoms with Crippen LogP contribution in [-0.2, 0) is 24.4 Å². The molecule has 0 spiro atoms. The van der Waals surface area contributed by atoms with Gasteiger partial charge in [-0.05, 0) is 80.8 Å². The van der Waals surface area contributed by atoms with Gasteiger partial charge in [0.2, 0.25) is 0 Å². The van der Waals surface area contributed by atoms with Crippen molar-refractivity contribution in [3.63, 3.8) is 0 Å². The maximum Gasteiger partial charge on any atom is 0.409 e. The molecule has 0 unspecified atom stereocenters. The van der Waals surface area contributed by atoms with Crippen LogP contribution in [0.2, 0.25) is 0 Å². The summed E-state index contributed by atoms with van der Waals surface area (Å²) in [4.78, 5) is 54.6. The van der Waals surface area contributed by atoms with Crippen LogP contribution in [0.1, 0.15) is 90.3 Å². The predicted molar refractivity (Wildman–Crippen MR) is 231 cm³/mol. The van der Waals surface area contributed by atoms with Gasteiger partial charge in [-0.3, -0.25) is 19.6 Å². The number of allylic oxidation sites excluding steroid dienone is 2. The lowest BCUT2D eigenvalue weighted by Gasteiger charge is -2.20. The molecule has 2 saturated heterocycles. The van der Waals surface area contributed by atoms with E-state index >= 15 is 0 Å². The van der Waals surface area contributed by atoms with Crippen LogP contribution in [-0.4, -0.2) is 105 Å². The molecule has 3 amide bonds. The minimum absolute atomic E-state index is 0.0840. The van der Waals surface area contributed by atoms with Crippen molar-refractivity contribution < 1.29 is 38.1 Å². The first-order chi connectivity index (χ1) is 29.1. The van der Waals surface area contributed by atoms with Crippen molar-refractivity contribution in [2.24, 2.45) is 9.98 Å². The molecule has 0 saturated carbocycles. The Morgan fingerprint density at radius 3 is 1.70 bits per heavy atom. The number of fused-ring (bicyclic) bond motifs is 4. The molecule has 4 aliphatic heterocycles. The summed E-state index contributed by atoms with van der Waals surface area (Å²) >= 11 is 0. The molecule has 316 valence electrons. The van der Waals surface area contributed by atoms with Crippen LogP contribution in [0.25, 0.3) is 0 Å². The summed E-state index contributed by atoms with van der Waals surface area (Å²) in [6.45, 7) is 8.54. The zero-order valence-corrected chi connectivity index (χ0v) is 35.5. The molecular formula is C47H55N5O8. The minimum Gasteiger partial charge on any atom is -0.493 e. The molecule has 60 heavy (non-hydrogen) atoms. The highest BCUT2D eigenvalue weighted by Crippen LogP contribution is 2.41. The van der Waals surface area contributed by atoms with Gasteiger partial charge in [-0.2, -0.15) is 0 Å². The molecule has 4 aliphatic rings. The number of amides is 3. The summed E-state index contributed by atoms with van der Waals surface area (Å²) < 4.78 is 29.7. The maximum absolute atomic E-state index is 13.7. The molecule has 0 aliphatic carbocycles. The Kier molecular flexibility index (Phi) is 13.2. The zero-order valence-electron chi connectivity index (χ0n) is 35.5. The fraction of sp³-hybridized carbons (Fsp3) is 0.426. The van der Waals surface area contributed by atoms with Gasteiger partial charge in [-0.25, -0.2) is 4.79 Å². The second kappa shape index (κ2) is 18.9. The summed E-state index contributed by atoms with van der Waals surface area (Å²) in [5, 5.41) is 0. The van der Waals surface area contributed by atoms with Gasteiger partial charge in [-0.1, -0.05) is 48.8 Å². The summed E-state index contributed by atoms with van der Waals surface area (Å²) in [5.41, 5.74) is 7.27. The van der Waals surface area contributed by atoms with E-state index in [2.05, 4.69) is 31.2 Å². The number of hydrogen-bond acceptors (Lipinski definition) is 10. The lowest BCUT2D eigenvalue weighted by atomic mass is 10.0. The third-order valence-corrected chi connectivity index (χ3v) is 11.5. The summed E-state index contributed by atoms with van der Waals surface area (Å²) in [5.74, 6) is 1.65. The van der Waals surface area contributed by atoms with Crippen molar-refractivity contribution >= 4 is 41.7 Å². The van der Waals surface area contributed by atoms with Gasteiger partial charge >= 0.3 is 6.09 Å². The fourth-order valence-electron chi connectivity index (χ4n) is 8.03. The Balaban J connectivity index is 1.11. The van der Waals surface area contributed by atoms with E-state index in [1.807, 2.05) is 42.1 Å². The number of rotatable bonds is 15. The largest absolute Gasteiger partial charge is 0.493 e. The summed E-state index contributed by atoms with van der Waals surface area (Å²) in [6, 6.07) is 13.0. The first-order valence-corrected chi connectivity index (χ1v) is 20.8. The van der Waals surface area contributed by atoms with Crippen molar-refractivity contribution in [2.75, 3.05) is 47.5 Å². The van der Waals surface area contributed by atoms with Gasteiger partial charge in [0, 0.05) is 51.2 Å². The Hall–Kier alpha value is -6.11. The van der Waals surface area contributed by atoms with Crippen LogP contribution in [0.15, 0.2) is 75.7 Å². The number of carbonyl (C=O) groups is 3. The molecule has 0 radical (unpaired) electrons. The number of aryl methyl sites for hydroxylation is 1. The number of ether oxygens (including phenoxy) is 5. The topological polar surface area (TPSA) is 132 Å². The predicted octanol–water partition coefficient (Wildman–Crippen LogP) is 8.42. The lowest BCUT2D eigenvalue weighted by Crippen LogP contribution is -2.35. The van der Waals surface area contributed by atoms with Crippen LogP contribution in [0.3, 0.4) is 0 Å². The third kappa shape index (κ3) is 9.20. The van der Waals surface area contributed by atoms with Gasteiger partial charge in [0.05, 0.1) is 55.4 Å². The number of carbonyl (C=O) groups excluding carboxylic acids is 3. The van der Waals surface area contributed by atoms with Gasteiger partial charge in [0.15, 0.2) is 23.0 Å². The van der Waals surface area contributed by atoms with Crippen LogP contribution in [0.4, 0.5) is 16.2 Å². The maximum atomic E-state index is 13.7. The first kappa shape index (κ1) is 42.0. The number of benzene rings is 3. The van der Waals surface area contributed by atoms with Crippen molar-refractivity contribution in [2.45, 2.75) is 84.6 Å². The van der Waals surface area contributed by atoms with Gasteiger partial charge < -0.3 is 38.4 Å². The number of aliphatic imine (C=N–C) groups is 2. The van der Waals surface area contributed by atoms with Gasteiger partial charge in [0.1, 0.15) is 13.2 Å². The van der Waals surface area contributed by atoms with E-state index in [-0.39, 0.29) is 43.2 Å². The minimum atomic E-state index is -0.327. The molecule has 0 bridgehead atoms. The fourth-order valence-corrected chi connectivity index (χ4v) is 8.03. The Labute approximate surface area is 352 Å². The normalized spacial score (nSPS) is 19.1. The second-order valence-corrected chi connectivity index (χ2v) is 15.6. The van der Waals surface area contributed by atoms with E-state index in [1.54, 1.807) is 50.4 Å². The number of hydrogen-bond donors (Lipinski definition) is 0. The van der Waals surface area contributed by atoms with Crippen molar-refractivity contribution in [3.8, 4) is 23.0 Å². The highest BCUT2D eigenvalue weighted by molar-refractivity contribution is 6.04. The van der Waals surface area contributed by atoms with Crippen molar-refractivity contribution in [1.29, 1.82) is 0 Å². The summed E-state index contributed by atoms with van der Waals surface area (Å²) in [6.07, 6.45) is 12.2. The molecule has 0 aromatic heterocycles. The number of nitrogens with zero attached hydrogens (tertiary/aromatic N) is 5. The number of unbranched alkanes of at least 4 members (excludes halogenated alkanes) is 1. The highest BCUT2D eigenvalue weighted by Gasteiger charge is 2.36. The van der Waals surface area contributed by atoms with E-state index in [0.717, 1.165) is 42.4 Å². The monoisotopic (exact) mass is 817 g/mol. The Morgan fingerprint density at radius 2 is 1.23 bits per heavy atom. The van der Waals surface area contributed by atoms with Crippen molar-refractivity contribution in [3.05, 3.63) is 93.6 Å². The second-order valence-electron chi connectivity index (χ2n) is 15.6. The Bertz CT molecular complexity index is 2110. The van der Waals surface area contributed by atoms with Crippen molar-refractivity contribution in [1.82, 2.24) is 14.7 Å². The molecule has 2 atom stereocenters. The molecule has 3 aromatic rings. The van der Waals surface area contributed by atoms with Crippen LogP contribution in [0, 0.1) is 0 Å². The van der Waals surface area contributed by atoms with E-state index < -0.39 is 0 Å². The average Bonchev–Trinajstić information content (AvgIpc) is 3.83. The van der Waals surface area contributed by atoms with Crippen LogP contribution in [0.5, 0.6) is 23.0 Å². The van der Waals surface area contributed by atoms with Crippen LogP contribution >= 0.6 is 0 Å². The third-order valence-electron chi connectivity index (χ3n) is 11.5. The lowest BCUT2D eigenvalue weighted by molar-refractivity contribution is 0.0769. The standard InChI is InChI=1S/C47H55N5O8/c1-7-10-14-58-47(55)50(4)13-11-12-32-15-33(28-59-43-22-39-37(20-41(43)56-5)45(53)51-26-30(8-2)18-35(51)24-48-39)17-34(16-32)29-60-44-23-40-38(21-42(44)57-6)46(54)52-27-31(9-3)19-36(52)25-49-40/h8-9,15-17,20-25,35-36H,7,10-14,18-19,26-29H2,1-6H3/b30-8+,31-9+/t35-,36-/m0/s1. The van der Waals surface area contributed by atoms with E-state index in [4.69, 9.17) is 33.7 Å².